The topological polar surface area (TPSA) is 97.0 Å². The summed E-state index contributed by atoms with van der Waals surface area (Å²) < 4.78 is 17.3. The van der Waals surface area contributed by atoms with Crippen molar-refractivity contribution in [3.05, 3.63) is 46.5 Å². The molecule has 2 aliphatic rings. The highest BCUT2D eigenvalue weighted by Gasteiger charge is 2.32. The van der Waals surface area contributed by atoms with E-state index in [1.165, 1.54) is 40.7 Å². The lowest BCUT2D eigenvalue weighted by Crippen LogP contribution is -2.53. The normalized spacial score (nSPS) is 17.5. The molecule has 2 N–H and O–H groups in total. The first-order valence-corrected chi connectivity index (χ1v) is 9.12. The van der Waals surface area contributed by atoms with Gasteiger partial charge in [-0.25, -0.2) is 9.37 Å². The second-order valence-electron chi connectivity index (χ2n) is 6.41. The Morgan fingerprint density at radius 3 is 2.62 bits per heavy atom. The van der Waals surface area contributed by atoms with Crippen molar-refractivity contribution in [3.63, 3.8) is 0 Å². The summed E-state index contributed by atoms with van der Waals surface area (Å²) >= 11 is 1.19. The van der Waals surface area contributed by atoms with Gasteiger partial charge in [-0.3, -0.25) is 15.6 Å². The lowest BCUT2D eigenvalue weighted by molar-refractivity contribution is 0.0757. The molecule has 0 unspecified atom stereocenters. The maximum atomic E-state index is 13.0. The molecule has 1 amide bonds. The maximum Gasteiger partial charge on any atom is 0.254 e. The Bertz CT molecular complexity index is 876. The van der Waals surface area contributed by atoms with Gasteiger partial charge in [0.05, 0.1) is 6.54 Å². The molecule has 1 aliphatic carbocycles. The van der Waals surface area contributed by atoms with Crippen molar-refractivity contribution < 1.29 is 9.18 Å². The minimum absolute atomic E-state index is 0.104. The van der Waals surface area contributed by atoms with Gasteiger partial charge in [-0.05, 0) is 48.6 Å². The van der Waals surface area contributed by atoms with E-state index in [-0.39, 0.29) is 24.1 Å². The number of carbonyl (C=O) groups is 1. The number of nitrogens with zero attached hydrogens (tertiary/aromatic N) is 4. The quantitative estimate of drug-likeness (QED) is 0.638. The minimum atomic E-state index is -0.393. The average molecular weight is 372 g/mol. The Kier molecular flexibility index (Phi) is 4.23. The Morgan fingerprint density at radius 2 is 1.96 bits per heavy atom. The highest BCUT2D eigenvalue weighted by atomic mass is 32.1. The Balaban J connectivity index is 1.42. The minimum Gasteiger partial charge on any atom is -0.329 e. The number of amidine groups is 2. The van der Waals surface area contributed by atoms with Crippen LogP contribution in [0.1, 0.15) is 39.9 Å². The smallest absolute Gasteiger partial charge is 0.254 e. The van der Waals surface area contributed by atoms with Gasteiger partial charge in [0, 0.05) is 24.6 Å². The molecule has 1 saturated heterocycles. The lowest BCUT2D eigenvalue weighted by atomic mass is 10.1. The van der Waals surface area contributed by atoms with Gasteiger partial charge >= 0.3 is 0 Å². The van der Waals surface area contributed by atoms with Crippen LogP contribution >= 0.6 is 11.5 Å². The Hall–Kier alpha value is -2.68. The zero-order valence-corrected chi connectivity index (χ0v) is 14.7. The summed E-state index contributed by atoms with van der Waals surface area (Å²) in [6, 6.07) is 5.38. The van der Waals surface area contributed by atoms with Crippen molar-refractivity contribution in [2.45, 2.75) is 18.8 Å². The number of hydrogen-bond donors (Lipinski definition) is 2. The highest BCUT2D eigenvalue weighted by Crippen LogP contribution is 2.38. The van der Waals surface area contributed by atoms with Crippen LogP contribution in [-0.2, 0) is 0 Å². The summed E-state index contributed by atoms with van der Waals surface area (Å²) in [4.78, 5) is 20.0. The van der Waals surface area contributed by atoms with Crippen molar-refractivity contribution in [1.82, 2.24) is 19.2 Å². The molecule has 0 bridgehead atoms. The van der Waals surface area contributed by atoms with E-state index in [0.717, 1.165) is 18.7 Å². The van der Waals surface area contributed by atoms with Gasteiger partial charge in [0.2, 0.25) is 0 Å². The number of piperazine rings is 1. The third kappa shape index (κ3) is 3.22. The molecule has 134 valence electrons. The van der Waals surface area contributed by atoms with Crippen molar-refractivity contribution in [1.29, 1.82) is 10.8 Å². The number of amides is 1. The molecular weight excluding hydrogens is 355 g/mol. The monoisotopic (exact) mass is 372 g/mol. The molecule has 26 heavy (non-hydrogen) atoms. The van der Waals surface area contributed by atoms with Gasteiger partial charge in [-0.15, -0.1) is 0 Å². The van der Waals surface area contributed by atoms with Gasteiger partial charge in [-0.2, -0.15) is 4.37 Å². The average Bonchev–Trinajstić information content (AvgIpc) is 3.38. The van der Waals surface area contributed by atoms with Crippen LogP contribution in [0, 0.1) is 16.6 Å². The standard InChI is InChI=1S/C17H17FN6OS/c18-12-5-3-11(4-6-12)17(25)23-7-8-24(13(19)9-23)14(20)16-21-15(22-26-16)10-1-2-10/h3-6,10,19-20H,1-2,7-9H2. The molecule has 1 saturated carbocycles. The van der Waals surface area contributed by atoms with Gasteiger partial charge in [0.15, 0.2) is 10.8 Å². The number of carbonyl (C=O) groups excluding carboxylic acids is 1. The van der Waals surface area contributed by atoms with Crippen molar-refractivity contribution >= 4 is 29.1 Å². The number of aromatic nitrogens is 2. The molecule has 1 aromatic carbocycles. The number of benzene rings is 1. The van der Waals surface area contributed by atoms with Crippen LogP contribution in [0.25, 0.3) is 0 Å². The molecule has 2 heterocycles. The third-order valence-corrected chi connectivity index (χ3v) is 5.23. The van der Waals surface area contributed by atoms with Crippen LogP contribution in [-0.4, -0.2) is 56.4 Å². The number of halogens is 1. The molecule has 9 heteroatoms. The molecule has 0 spiro atoms. The number of rotatable bonds is 3. The summed E-state index contributed by atoms with van der Waals surface area (Å²) in [5.74, 6) is 0.917. The first-order valence-electron chi connectivity index (χ1n) is 8.35. The van der Waals surface area contributed by atoms with E-state index in [0.29, 0.717) is 29.6 Å². The zero-order valence-electron chi connectivity index (χ0n) is 13.9. The largest absolute Gasteiger partial charge is 0.329 e. The molecule has 1 aromatic heterocycles. The van der Waals surface area contributed by atoms with Gasteiger partial charge < -0.3 is 9.80 Å². The summed E-state index contributed by atoms with van der Waals surface area (Å²) in [6.07, 6.45) is 2.20. The maximum absolute atomic E-state index is 13.0. The Morgan fingerprint density at radius 1 is 1.23 bits per heavy atom. The first-order chi connectivity index (χ1) is 12.5. The Labute approximate surface area is 153 Å². The summed E-state index contributed by atoms with van der Waals surface area (Å²) in [7, 11) is 0. The fourth-order valence-corrected chi connectivity index (χ4v) is 3.55. The molecule has 2 fully saturated rings. The van der Waals surface area contributed by atoms with E-state index >= 15 is 0 Å². The van der Waals surface area contributed by atoms with Gasteiger partial charge in [0.1, 0.15) is 17.5 Å². The molecule has 2 aromatic rings. The molecule has 1 aliphatic heterocycles. The second kappa shape index (κ2) is 6.56. The highest BCUT2D eigenvalue weighted by molar-refractivity contribution is 7.07. The molecule has 0 radical (unpaired) electrons. The fourth-order valence-electron chi connectivity index (χ4n) is 2.85. The van der Waals surface area contributed by atoms with E-state index in [2.05, 4.69) is 9.36 Å². The van der Waals surface area contributed by atoms with Gasteiger partial charge in [-0.1, -0.05) is 0 Å². The van der Waals surface area contributed by atoms with Crippen molar-refractivity contribution in [2.75, 3.05) is 19.6 Å². The summed E-state index contributed by atoms with van der Waals surface area (Å²) in [5, 5.41) is 17.1. The van der Waals surface area contributed by atoms with Crippen molar-refractivity contribution in [2.24, 2.45) is 0 Å². The van der Waals surface area contributed by atoms with Crippen molar-refractivity contribution in [3.8, 4) is 0 Å². The van der Waals surface area contributed by atoms with Crippen LogP contribution in [0.5, 0.6) is 0 Å². The predicted molar refractivity (Wildman–Crippen MR) is 95.4 cm³/mol. The summed E-state index contributed by atoms with van der Waals surface area (Å²) in [5.41, 5.74) is 0.390. The van der Waals surface area contributed by atoms with Crippen LogP contribution in [0.15, 0.2) is 24.3 Å². The van der Waals surface area contributed by atoms with E-state index in [1.54, 1.807) is 4.90 Å². The van der Waals surface area contributed by atoms with E-state index < -0.39 is 5.82 Å². The summed E-state index contributed by atoms with van der Waals surface area (Å²) in [6.45, 7) is 0.838. The second-order valence-corrected chi connectivity index (χ2v) is 7.16. The SMILES string of the molecule is N=C1CN(C(=O)c2ccc(F)cc2)CCN1C(=N)c1nc(C2CC2)ns1. The molecular formula is C17H17FN6OS. The van der Waals surface area contributed by atoms with Crippen LogP contribution in [0.4, 0.5) is 4.39 Å². The van der Waals surface area contributed by atoms with Gasteiger partial charge in [0.25, 0.3) is 5.91 Å². The third-order valence-electron chi connectivity index (χ3n) is 4.50. The van der Waals surface area contributed by atoms with Crippen LogP contribution in [0.2, 0.25) is 0 Å². The first kappa shape index (κ1) is 16.8. The lowest BCUT2D eigenvalue weighted by Gasteiger charge is -2.35. The zero-order chi connectivity index (χ0) is 18.3. The van der Waals surface area contributed by atoms with Crippen LogP contribution in [0.3, 0.4) is 0 Å². The molecule has 4 rings (SSSR count). The van der Waals surface area contributed by atoms with E-state index in [4.69, 9.17) is 10.8 Å². The van der Waals surface area contributed by atoms with Crippen LogP contribution < -0.4 is 0 Å². The predicted octanol–water partition coefficient (Wildman–Crippen LogP) is 2.32. The molecule has 0 atom stereocenters. The van der Waals surface area contributed by atoms with E-state index in [9.17, 15) is 9.18 Å². The number of nitrogens with one attached hydrogen (secondary N) is 2. The molecule has 7 nitrogen and oxygen atoms in total. The van der Waals surface area contributed by atoms with E-state index in [1.807, 2.05) is 0 Å². The number of hydrogen-bond acceptors (Lipinski definition) is 6. The fraction of sp³-hybridized carbons (Fsp3) is 0.353.